The van der Waals surface area contributed by atoms with Gasteiger partial charge in [-0.3, -0.25) is 9.59 Å². The molecule has 1 aromatic heterocycles. The molecule has 0 spiro atoms. The zero-order chi connectivity index (χ0) is 24.1. The van der Waals surface area contributed by atoms with Gasteiger partial charge in [-0.2, -0.15) is 0 Å². The summed E-state index contributed by atoms with van der Waals surface area (Å²) in [7, 11) is 0. The number of carboxylic acids is 1. The summed E-state index contributed by atoms with van der Waals surface area (Å²) in [5, 5.41) is 11.5. The first kappa shape index (κ1) is 22.8. The number of aromatic nitrogens is 1. The molecule has 0 bridgehead atoms. The Bertz CT molecular complexity index is 1220. The molecule has 4 rings (SSSR count). The Morgan fingerprint density at radius 1 is 1.15 bits per heavy atom. The molecule has 2 N–H and O–H groups in total. The topological polar surface area (TPSA) is 116 Å². The van der Waals surface area contributed by atoms with Crippen LogP contribution in [0.3, 0.4) is 0 Å². The molecule has 1 amide bonds. The van der Waals surface area contributed by atoms with E-state index >= 15 is 0 Å². The number of aliphatic carboxylic acids is 1. The van der Waals surface area contributed by atoms with Gasteiger partial charge >= 0.3 is 5.97 Å². The van der Waals surface area contributed by atoms with E-state index in [2.05, 4.69) is 10.3 Å². The summed E-state index contributed by atoms with van der Waals surface area (Å²) in [6, 6.07) is 12.2. The number of nitrogens with zero attached hydrogens (tertiary/aromatic N) is 1. The number of halogens is 1. The number of nitrogens with one attached hydrogen (secondary N) is 1. The maximum atomic E-state index is 14.5. The fourth-order valence-corrected chi connectivity index (χ4v) is 3.02. The highest BCUT2D eigenvalue weighted by molar-refractivity contribution is 5.96. The molecule has 1 aliphatic rings. The second-order valence-corrected chi connectivity index (χ2v) is 7.46. The first-order chi connectivity index (χ1) is 16.4. The van der Waals surface area contributed by atoms with E-state index in [-0.39, 0.29) is 42.7 Å². The van der Waals surface area contributed by atoms with Gasteiger partial charge in [-0.25, -0.2) is 9.37 Å². The van der Waals surface area contributed by atoms with E-state index in [1.807, 2.05) is 0 Å². The lowest BCUT2D eigenvalue weighted by atomic mass is 10.2. The molecule has 34 heavy (non-hydrogen) atoms. The van der Waals surface area contributed by atoms with Crippen LogP contribution in [0.4, 0.5) is 4.39 Å². The van der Waals surface area contributed by atoms with Gasteiger partial charge in [0.05, 0.1) is 5.92 Å². The molecule has 0 fully saturated rings. The first-order valence-corrected chi connectivity index (χ1v) is 10.4. The number of hydrogen-bond acceptors (Lipinski definition) is 7. The van der Waals surface area contributed by atoms with E-state index < -0.39 is 23.6 Å². The summed E-state index contributed by atoms with van der Waals surface area (Å²) in [6.07, 6.45) is 1.49. The van der Waals surface area contributed by atoms with Crippen molar-refractivity contribution in [1.29, 1.82) is 0 Å². The predicted molar refractivity (Wildman–Crippen MR) is 117 cm³/mol. The summed E-state index contributed by atoms with van der Waals surface area (Å²) in [5.74, 6) is -1.00. The van der Waals surface area contributed by atoms with Crippen molar-refractivity contribution >= 4 is 11.9 Å². The van der Waals surface area contributed by atoms with Crippen LogP contribution < -0.4 is 24.3 Å². The molecule has 0 saturated carbocycles. The summed E-state index contributed by atoms with van der Waals surface area (Å²) in [6.45, 7) is 1.44. The van der Waals surface area contributed by atoms with Gasteiger partial charge in [0.1, 0.15) is 29.5 Å². The predicted octanol–water partition coefficient (Wildman–Crippen LogP) is 3.77. The minimum Gasteiger partial charge on any atom is -0.493 e. The number of carbonyl (C=O) groups excluding carboxylic acids is 1. The number of fused-ring (bicyclic) bond motifs is 1. The monoisotopic (exact) mass is 468 g/mol. The lowest BCUT2D eigenvalue weighted by Gasteiger charge is -2.12. The van der Waals surface area contributed by atoms with Crippen molar-refractivity contribution in [2.45, 2.75) is 13.5 Å². The van der Waals surface area contributed by atoms with E-state index in [1.165, 1.54) is 25.3 Å². The number of rotatable bonds is 9. The molecule has 9 nitrogen and oxygen atoms in total. The van der Waals surface area contributed by atoms with Crippen LogP contribution in [0.15, 0.2) is 54.7 Å². The highest BCUT2D eigenvalue weighted by Gasteiger charge is 2.18. The van der Waals surface area contributed by atoms with Crippen LogP contribution in [0.1, 0.15) is 22.8 Å². The van der Waals surface area contributed by atoms with Crippen molar-refractivity contribution in [3.8, 4) is 28.9 Å². The summed E-state index contributed by atoms with van der Waals surface area (Å²) in [4.78, 5) is 27.7. The molecular formula is C24H21FN2O7. The van der Waals surface area contributed by atoms with Crippen LogP contribution in [0.2, 0.25) is 0 Å². The van der Waals surface area contributed by atoms with E-state index in [4.69, 9.17) is 24.1 Å². The average molecular weight is 468 g/mol. The van der Waals surface area contributed by atoms with Gasteiger partial charge < -0.3 is 29.4 Å². The van der Waals surface area contributed by atoms with E-state index in [0.717, 1.165) is 6.07 Å². The highest BCUT2D eigenvalue weighted by atomic mass is 19.1. The molecule has 0 saturated heterocycles. The number of benzene rings is 2. The van der Waals surface area contributed by atoms with Gasteiger partial charge in [0.2, 0.25) is 12.7 Å². The Morgan fingerprint density at radius 3 is 2.74 bits per heavy atom. The maximum absolute atomic E-state index is 14.5. The lowest BCUT2D eigenvalue weighted by Crippen LogP contribution is -2.24. The molecule has 176 valence electrons. The largest absolute Gasteiger partial charge is 0.493 e. The molecule has 1 aliphatic heterocycles. The quantitative estimate of drug-likeness (QED) is 0.488. The smallest absolute Gasteiger partial charge is 0.309 e. The second kappa shape index (κ2) is 10.1. The average Bonchev–Trinajstić information content (AvgIpc) is 3.30. The molecular weight excluding hydrogens is 447 g/mol. The van der Waals surface area contributed by atoms with Crippen molar-refractivity contribution in [1.82, 2.24) is 10.3 Å². The fourth-order valence-electron chi connectivity index (χ4n) is 3.02. The van der Waals surface area contributed by atoms with Crippen LogP contribution in [-0.2, 0) is 11.3 Å². The number of hydrogen-bond donors (Lipinski definition) is 2. The Labute approximate surface area is 194 Å². The number of carbonyl (C=O) groups is 2. The first-order valence-electron chi connectivity index (χ1n) is 10.4. The third-order valence-corrected chi connectivity index (χ3v) is 4.96. The van der Waals surface area contributed by atoms with Gasteiger partial charge in [-0.15, -0.1) is 0 Å². The number of amides is 1. The van der Waals surface area contributed by atoms with Crippen LogP contribution in [0.5, 0.6) is 28.9 Å². The van der Waals surface area contributed by atoms with Crippen molar-refractivity contribution in [2.75, 3.05) is 13.4 Å². The van der Waals surface area contributed by atoms with Gasteiger partial charge in [0.15, 0.2) is 11.5 Å². The van der Waals surface area contributed by atoms with Crippen LogP contribution >= 0.6 is 0 Å². The maximum Gasteiger partial charge on any atom is 0.309 e. The fraction of sp³-hybridized carbons (Fsp3) is 0.208. The molecule has 3 aromatic rings. The third kappa shape index (κ3) is 5.34. The van der Waals surface area contributed by atoms with Crippen LogP contribution in [-0.4, -0.2) is 35.4 Å². The van der Waals surface area contributed by atoms with Gasteiger partial charge in [0.25, 0.3) is 5.91 Å². The minimum absolute atomic E-state index is 0.0793. The summed E-state index contributed by atoms with van der Waals surface area (Å²) in [5.41, 5.74) is 0.400. The Kier molecular flexibility index (Phi) is 6.77. The zero-order valence-corrected chi connectivity index (χ0v) is 18.1. The van der Waals surface area contributed by atoms with Crippen molar-refractivity contribution in [3.05, 3.63) is 71.7 Å². The summed E-state index contributed by atoms with van der Waals surface area (Å²) >= 11 is 0. The van der Waals surface area contributed by atoms with E-state index in [0.29, 0.717) is 17.2 Å². The molecule has 0 radical (unpaired) electrons. The SMILES string of the molecule is C[C@H](COc1ccc(CNC(=O)c2cccnc2Oc2ccc3c(c2)OCO3)c(F)c1)C(=O)O. The van der Waals surface area contributed by atoms with Gasteiger partial charge in [-0.05, 0) is 37.3 Å². The normalized spacial score (nSPS) is 12.6. The van der Waals surface area contributed by atoms with Gasteiger partial charge in [-0.1, -0.05) is 6.07 Å². The van der Waals surface area contributed by atoms with Crippen molar-refractivity contribution in [3.63, 3.8) is 0 Å². The van der Waals surface area contributed by atoms with E-state index in [9.17, 15) is 14.0 Å². The van der Waals surface area contributed by atoms with Crippen molar-refractivity contribution < 1.29 is 38.0 Å². The molecule has 2 aromatic carbocycles. The molecule has 0 unspecified atom stereocenters. The Morgan fingerprint density at radius 2 is 1.94 bits per heavy atom. The second-order valence-electron chi connectivity index (χ2n) is 7.46. The number of ether oxygens (including phenoxy) is 4. The molecule has 0 aliphatic carbocycles. The van der Waals surface area contributed by atoms with Crippen molar-refractivity contribution in [2.24, 2.45) is 5.92 Å². The number of carboxylic acid groups (broad SMARTS) is 1. The third-order valence-electron chi connectivity index (χ3n) is 4.96. The van der Waals surface area contributed by atoms with E-state index in [1.54, 1.807) is 30.3 Å². The van der Waals surface area contributed by atoms with Crippen LogP contribution in [0, 0.1) is 11.7 Å². The molecule has 1 atom stereocenters. The molecule has 10 heteroatoms. The minimum atomic E-state index is -1.00. The Hall–Kier alpha value is -4.34. The number of pyridine rings is 1. The molecule has 2 heterocycles. The standard InChI is InChI=1S/C24H21FN2O7/c1-14(24(29)30)12-31-16-5-4-15(19(25)9-16)11-27-22(28)18-3-2-8-26-23(18)34-17-6-7-20-21(10-17)33-13-32-20/h2-10,14H,11-13H2,1H3,(H,27,28)(H,29,30)/t14-/m1/s1. The summed E-state index contributed by atoms with van der Waals surface area (Å²) < 4.78 is 36.1. The lowest BCUT2D eigenvalue weighted by molar-refractivity contribution is -0.142. The highest BCUT2D eigenvalue weighted by Crippen LogP contribution is 2.36. The van der Waals surface area contributed by atoms with Gasteiger partial charge in [0, 0.05) is 30.4 Å². The van der Waals surface area contributed by atoms with Crippen LogP contribution in [0.25, 0.3) is 0 Å². The Balaban J connectivity index is 1.39. The zero-order valence-electron chi connectivity index (χ0n) is 18.1.